The van der Waals surface area contributed by atoms with Crippen molar-refractivity contribution in [3.63, 3.8) is 0 Å². The minimum absolute atomic E-state index is 0.185. The molecule has 0 N–H and O–H groups in total. The lowest BCUT2D eigenvalue weighted by Gasteiger charge is -2.30. The van der Waals surface area contributed by atoms with Crippen molar-refractivity contribution in [2.24, 2.45) is 0 Å². The van der Waals surface area contributed by atoms with E-state index in [0.29, 0.717) is 46.7 Å². The molecule has 0 unspecified atom stereocenters. The summed E-state index contributed by atoms with van der Waals surface area (Å²) in [6, 6.07) is 11.0. The normalized spacial score (nSPS) is 16.6. The number of rotatable bonds is 3. The number of pyridine rings is 1. The van der Waals surface area contributed by atoms with Crippen molar-refractivity contribution in [1.82, 2.24) is 9.88 Å². The van der Waals surface area contributed by atoms with Crippen LogP contribution < -0.4 is 9.47 Å². The van der Waals surface area contributed by atoms with Crippen LogP contribution in [0.25, 0.3) is 6.08 Å². The highest BCUT2D eigenvalue weighted by atomic mass is 35.5. The minimum Gasteiger partial charge on any atom is -0.478 e. The third-order valence-corrected chi connectivity index (χ3v) is 6.05. The van der Waals surface area contributed by atoms with Gasteiger partial charge in [-0.1, -0.05) is 35.3 Å². The Hall–Kier alpha value is -2.86. The van der Waals surface area contributed by atoms with Gasteiger partial charge in [-0.2, -0.15) is 0 Å². The van der Waals surface area contributed by atoms with Gasteiger partial charge in [0.25, 0.3) is 0 Å². The number of aryl methyl sites for hydroxylation is 1. The number of allylic oxidation sites excluding steroid dienone is 1. The molecule has 0 spiro atoms. The Morgan fingerprint density at radius 2 is 2.00 bits per heavy atom. The number of hydrogen-bond acceptors (Lipinski definition) is 5. The number of fused-ring (bicyclic) bond motifs is 3. The highest BCUT2D eigenvalue weighted by molar-refractivity contribution is 6.37. The van der Waals surface area contributed by atoms with Crippen LogP contribution in [0.3, 0.4) is 0 Å². The number of carbonyl (C=O) groups excluding carboxylic acids is 1. The van der Waals surface area contributed by atoms with Crippen LogP contribution in [0.2, 0.25) is 10.0 Å². The van der Waals surface area contributed by atoms with Crippen LogP contribution in [0.1, 0.15) is 32.6 Å². The second kappa shape index (κ2) is 8.00. The first kappa shape index (κ1) is 20.1. The number of ether oxygens (including phenoxy) is 2. The van der Waals surface area contributed by atoms with Gasteiger partial charge in [-0.3, -0.25) is 14.7 Å². The van der Waals surface area contributed by atoms with Crippen molar-refractivity contribution in [3.05, 3.63) is 92.4 Å². The summed E-state index contributed by atoms with van der Waals surface area (Å²) in [6.45, 7) is 3.62. The molecular formula is C24H18Cl2N2O3. The van der Waals surface area contributed by atoms with Crippen LogP contribution in [0.5, 0.6) is 11.5 Å². The van der Waals surface area contributed by atoms with E-state index in [1.54, 1.807) is 30.5 Å². The average Bonchev–Trinajstić information content (AvgIpc) is 3.09. The molecular weight excluding hydrogens is 435 g/mol. The Morgan fingerprint density at radius 3 is 2.74 bits per heavy atom. The maximum absolute atomic E-state index is 13.2. The van der Waals surface area contributed by atoms with Crippen molar-refractivity contribution in [1.29, 1.82) is 0 Å². The van der Waals surface area contributed by atoms with E-state index in [0.717, 1.165) is 22.4 Å². The van der Waals surface area contributed by atoms with Gasteiger partial charge >= 0.3 is 0 Å². The van der Waals surface area contributed by atoms with E-state index in [9.17, 15) is 4.79 Å². The lowest BCUT2D eigenvalue weighted by Crippen LogP contribution is -2.31. The van der Waals surface area contributed by atoms with Gasteiger partial charge in [-0.15, -0.1) is 0 Å². The molecule has 5 rings (SSSR count). The highest BCUT2D eigenvalue weighted by Gasteiger charge is 2.35. The molecule has 2 aromatic carbocycles. The fourth-order valence-electron chi connectivity index (χ4n) is 3.91. The lowest BCUT2D eigenvalue weighted by atomic mass is 9.98. The Bertz CT molecular complexity index is 1200. The molecule has 0 saturated heterocycles. The molecule has 3 heterocycles. The molecule has 7 heteroatoms. The quantitative estimate of drug-likeness (QED) is 0.479. The van der Waals surface area contributed by atoms with E-state index in [1.807, 2.05) is 31.3 Å². The first-order valence-corrected chi connectivity index (χ1v) is 10.6. The number of aromatic nitrogens is 1. The largest absolute Gasteiger partial charge is 0.478 e. The Kier molecular flexibility index (Phi) is 5.18. The molecule has 0 fully saturated rings. The second-order valence-electron chi connectivity index (χ2n) is 7.57. The molecule has 0 atom stereocenters. The maximum atomic E-state index is 13.2. The summed E-state index contributed by atoms with van der Waals surface area (Å²) < 4.78 is 12.1. The maximum Gasteiger partial charge on any atom is 0.232 e. The molecule has 156 valence electrons. The monoisotopic (exact) mass is 452 g/mol. The van der Waals surface area contributed by atoms with E-state index in [1.165, 1.54) is 0 Å². The smallest absolute Gasteiger partial charge is 0.232 e. The first-order chi connectivity index (χ1) is 15.0. The van der Waals surface area contributed by atoms with E-state index in [4.69, 9.17) is 32.7 Å². The molecule has 31 heavy (non-hydrogen) atoms. The first-order valence-electron chi connectivity index (χ1n) is 9.80. The van der Waals surface area contributed by atoms with E-state index in [2.05, 4.69) is 9.88 Å². The van der Waals surface area contributed by atoms with Crippen LogP contribution in [0, 0.1) is 6.92 Å². The molecule has 2 aliphatic rings. The number of benzene rings is 2. The van der Waals surface area contributed by atoms with Crippen molar-refractivity contribution in [3.8, 4) is 11.5 Å². The van der Waals surface area contributed by atoms with E-state index in [-0.39, 0.29) is 11.5 Å². The summed E-state index contributed by atoms with van der Waals surface area (Å²) in [6.07, 6.45) is 5.19. The summed E-state index contributed by atoms with van der Waals surface area (Å²) in [5.74, 6) is 1.30. The van der Waals surface area contributed by atoms with E-state index < -0.39 is 0 Å². The number of Topliss-reactive ketones (excluding diaryl/α,β-unsaturated/α-hetero) is 1. The third kappa shape index (κ3) is 3.69. The van der Waals surface area contributed by atoms with Gasteiger partial charge in [0, 0.05) is 41.1 Å². The lowest BCUT2D eigenvalue weighted by molar-refractivity contribution is 0.0871. The van der Waals surface area contributed by atoms with Crippen molar-refractivity contribution in [2.45, 2.75) is 20.0 Å². The minimum atomic E-state index is -0.185. The predicted octanol–water partition coefficient (Wildman–Crippen LogP) is 5.67. The van der Waals surface area contributed by atoms with Gasteiger partial charge in [-0.25, -0.2) is 0 Å². The van der Waals surface area contributed by atoms with Crippen molar-refractivity contribution in [2.75, 3.05) is 6.73 Å². The van der Waals surface area contributed by atoms with Crippen molar-refractivity contribution >= 4 is 35.1 Å². The van der Waals surface area contributed by atoms with Crippen LogP contribution in [0.4, 0.5) is 0 Å². The molecule has 5 nitrogen and oxygen atoms in total. The molecule has 2 aliphatic heterocycles. The molecule has 0 radical (unpaired) electrons. The van der Waals surface area contributed by atoms with Gasteiger partial charge in [0.1, 0.15) is 18.2 Å². The second-order valence-corrected chi connectivity index (χ2v) is 8.39. The summed E-state index contributed by atoms with van der Waals surface area (Å²) in [5, 5.41) is 0.911. The molecule has 3 aromatic rings. The number of halogens is 2. The van der Waals surface area contributed by atoms with E-state index >= 15 is 0 Å². The Labute approximate surface area is 189 Å². The Balaban J connectivity index is 1.50. The summed E-state index contributed by atoms with van der Waals surface area (Å²) in [5.41, 5.74) is 3.87. The fourth-order valence-corrected chi connectivity index (χ4v) is 4.41. The molecule has 1 aromatic heterocycles. The zero-order valence-corrected chi connectivity index (χ0v) is 18.2. The van der Waals surface area contributed by atoms with Crippen LogP contribution in [0.15, 0.2) is 54.6 Å². The summed E-state index contributed by atoms with van der Waals surface area (Å²) >= 11 is 12.6. The van der Waals surface area contributed by atoms with Crippen LogP contribution >= 0.6 is 23.2 Å². The number of carbonyl (C=O) groups is 1. The van der Waals surface area contributed by atoms with Gasteiger partial charge in [-0.05, 0) is 48.4 Å². The van der Waals surface area contributed by atoms with Gasteiger partial charge in [0.05, 0.1) is 11.1 Å². The summed E-state index contributed by atoms with van der Waals surface area (Å²) in [7, 11) is 0. The molecule has 0 amide bonds. The zero-order chi connectivity index (χ0) is 21.5. The number of ketones is 1. The fraction of sp³-hybridized carbons (Fsp3) is 0.167. The van der Waals surface area contributed by atoms with Gasteiger partial charge < -0.3 is 9.47 Å². The third-order valence-electron chi connectivity index (χ3n) is 5.39. The predicted molar refractivity (Wildman–Crippen MR) is 120 cm³/mol. The molecule has 0 bridgehead atoms. The topological polar surface area (TPSA) is 51.7 Å². The SMILES string of the molecule is Cc1cc2c(c3c1C(=O)/C(=C/c1c(Cl)cccc1Cl)O3)CN(Cc1cccnc1)CO2. The zero-order valence-electron chi connectivity index (χ0n) is 16.7. The highest BCUT2D eigenvalue weighted by Crippen LogP contribution is 2.44. The summed E-state index contributed by atoms with van der Waals surface area (Å²) in [4.78, 5) is 19.5. The number of hydrogen-bond donors (Lipinski definition) is 0. The molecule has 0 aliphatic carbocycles. The Morgan fingerprint density at radius 1 is 1.19 bits per heavy atom. The van der Waals surface area contributed by atoms with Crippen molar-refractivity contribution < 1.29 is 14.3 Å². The van der Waals surface area contributed by atoms with Crippen LogP contribution in [-0.4, -0.2) is 22.4 Å². The van der Waals surface area contributed by atoms with Gasteiger partial charge in [0.2, 0.25) is 5.78 Å². The molecule has 0 saturated carbocycles. The standard InChI is InChI=1S/C24H18Cl2N2O3/c1-14-8-20-17(12-28(13-30-20)11-15-4-3-7-27-10-15)24-22(14)23(29)21(31-24)9-16-18(25)5-2-6-19(16)26/h2-10H,11-13H2,1H3/b21-9-. The number of nitrogens with zero attached hydrogens (tertiary/aromatic N) is 2. The van der Waals surface area contributed by atoms with Crippen LogP contribution in [-0.2, 0) is 13.1 Å². The van der Waals surface area contributed by atoms with Gasteiger partial charge in [0.15, 0.2) is 5.76 Å². The average molecular weight is 453 g/mol.